The van der Waals surface area contributed by atoms with Crippen LogP contribution in [-0.4, -0.2) is 33.8 Å². The van der Waals surface area contributed by atoms with Crippen LogP contribution < -0.4 is 9.47 Å². The van der Waals surface area contributed by atoms with Crippen LogP contribution in [0.1, 0.15) is 37.7 Å². The number of amidine groups is 1. The van der Waals surface area contributed by atoms with E-state index in [2.05, 4.69) is 0 Å². The number of nitrogens with zero attached hydrogens (tertiary/aromatic N) is 3. The van der Waals surface area contributed by atoms with Crippen molar-refractivity contribution in [1.82, 2.24) is 9.88 Å². The van der Waals surface area contributed by atoms with Gasteiger partial charge in [0.25, 0.3) is 5.91 Å². The monoisotopic (exact) mass is 489 g/mol. The molecule has 0 bridgehead atoms. The molecule has 0 radical (unpaired) electrons. The average molecular weight is 490 g/mol. The average Bonchev–Trinajstić information content (AvgIpc) is 3.60. The highest BCUT2D eigenvalue weighted by atomic mass is 32.2. The molecule has 1 aromatic heterocycles. The molecule has 3 heterocycles. The topological polar surface area (TPSA) is 64.0 Å². The number of aliphatic imine (C=N–C) groups is 1. The van der Waals surface area contributed by atoms with Crippen molar-refractivity contribution in [3.63, 3.8) is 0 Å². The van der Waals surface area contributed by atoms with Crippen molar-refractivity contribution in [1.29, 1.82) is 0 Å². The molecular weight excluding hydrogens is 466 g/mol. The van der Waals surface area contributed by atoms with Gasteiger partial charge in [0, 0.05) is 17.0 Å². The van der Waals surface area contributed by atoms with E-state index in [1.165, 1.54) is 29.5 Å². The molecule has 2 fully saturated rings. The molecule has 1 saturated carbocycles. The van der Waals surface area contributed by atoms with Gasteiger partial charge in [-0.2, -0.15) is 4.99 Å². The van der Waals surface area contributed by atoms with Gasteiger partial charge in [0.15, 0.2) is 16.7 Å². The molecule has 0 spiro atoms. The molecule has 172 valence electrons. The Balaban J connectivity index is 1.33. The molecule has 2 aliphatic heterocycles. The lowest BCUT2D eigenvalue weighted by Gasteiger charge is -2.30. The maximum absolute atomic E-state index is 13.6. The van der Waals surface area contributed by atoms with Crippen LogP contribution in [0.3, 0.4) is 0 Å². The highest BCUT2D eigenvalue weighted by Gasteiger charge is 2.39. The number of fused-ring (bicyclic) bond motifs is 1. The van der Waals surface area contributed by atoms with Crippen LogP contribution >= 0.6 is 23.1 Å². The van der Waals surface area contributed by atoms with Crippen molar-refractivity contribution in [2.75, 3.05) is 6.79 Å². The SMILES string of the molecule is O=C1/C(=C/c2ccc3c(c2)OCO3)S/C(=N/c2nc(-c3ccccc3)cs2)N1C1CCCCC1. The highest BCUT2D eigenvalue weighted by Crippen LogP contribution is 2.40. The van der Waals surface area contributed by atoms with Crippen molar-refractivity contribution in [3.8, 4) is 22.8 Å². The molecule has 6 rings (SSSR count). The van der Waals surface area contributed by atoms with Crippen molar-refractivity contribution in [2.24, 2.45) is 4.99 Å². The fourth-order valence-electron chi connectivity index (χ4n) is 4.52. The van der Waals surface area contributed by atoms with Gasteiger partial charge >= 0.3 is 0 Å². The van der Waals surface area contributed by atoms with Gasteiger partial charge in [-0.05, 0) is 48.4 Å². The fourth-order valence-corrected chi connectivity index (χ4v) is 6.31. The smallest absolute Gasteiger partial charge is 0.267 e. The summed E-state index contributed by atoms with van der Waals surface area (Å²) in [5.41, 5.74) is 2.87. The molecule has 0 N–H and O–H groups in total. The number of hydrogen-bond donors (Lipinski definition) is 0. The zero-order valence-electron chi connectivity index (χ0n) is 18.5. The van der Waals surface area contributed by atoms with Gasteiger partial charge in [-0.1, -0.05) is 55.7 Å². The number of thioether (sulfide) groups is 1. The van der Waals surface area contributed by atoms with Crippen LogP contribution in [0.5, 0.6) is 11.5 Å². The Morgan fingerprint density at radius 2 is 1.85 bits per heavy atom. The van der Waals surface area contributed by atoms with Crippen LogP contribution in [0, 0.1) is 0 Å². The number of ether oxygens (including phenoxy) is 2. The molecule has 6 nitrogen and oxygen atoms in total. The van der Waals surface area contributed by atoms with E-state index in [4.69, 9.17) is 19.5 Å². The third-order valence-electron chi connectivity index (χ3n) is 6.22. The normalized spacial score (nSPS) is 20.6. The van der Waals surface area contributed by atoms with Gasteiger partial charge < -0.3 is 9.47 Å². The number of hydrogen-bond acceptors (Lipinski definition) is 7. The number of benzene rings is 2. The van der Waals surface area contributed by atoms with E-state index in [9.17, 15) is 4.79 Å². The van der Waals surface area contributed by atoms with Gasteiger partial charge in [0.1, 0.15) is 0 Å². The Labute approximate surface area is 206 Å². The molecule has 0 atom stereocenters. The maximum atomic E-state index is 13.6. The maximum Gasteiger partial charge on any atom is 0.267 e. The fraction of sp³-hybridized carbons (Fsp3) is 0.269. The minimum Gasteiger partial charge on any atom is -0.454 e. The molecule has 8 heteroatoms. The largest absolute Gasteiger partial charge is 0.454 e. The zero-order chi connectivity index (χ0) is 22.9. The number of amides is 1. The van der Waals surface area contributed by atoms with Gasteiger partial charge in [-0.3, -0.25) is 9.69 Å². The van der Waals surface area contributed by atoms with E-state index >= 15 is 0 Å². The zero-order valence-corrected chi connectivity index (χ0v) is 20.1. The Bertz CT molecular complexity index is 1280. The van der Waals surface area contributed by atoms with E-state index in [-0.39, 0.29) is 18.7 Å². The summed E-state index contributed by atoms with van der Waals surface area (Å²) in [5, 5.41) is 3.40. The summed E-state index contributed by atoms with van der Waals surface area (Å²) in [5.74, 6) is 1.46. The lowest BCUT2D eigenvalue weighted by Crippen LogP contribution is -2.40. The van der Waals surface area contributed by atoms with Crippen LogP contribution in [0.15, 0.2) is 63.8 Å². The van der Waals surface area contributed by atoms with Crippen LogP contribution in [-0.2, 0) is 4.79 Å². The number of carbonyl (C=O) groups excluding carboxylic acids is 1. The Kier molecular flexibility index (Phi) is 5.84. The molecule has 34 heavy (non-hydrogen) atoms. The molecule has 1 aliphatic carbocycles. The van der Waals surface area contributed by atoms with Crippen molar-refractivity contribution < 1.29 is 14.3 Å². The third-order valence-corrected chi connectivity index (χ3v) is 7.94. The van der Waals surface area contributed by atoms with E-state index < -0.39 is 0 Å². The summed E-state index contributed by atoms with van der Waals surface area (Å²) in [6, 6.07) is 16.0. The predicted molar refractivity (Wildman–Crippen MR) is 136 cm³/mol. The van der Waals surface area contributed by atoms with E-state index in [1.54, 1.807) is 0 Å². The summed E-state index contributed by atoms with van der Waals surface area (Å²) in [7, 11) is 0. The first-order valence-corrected chi connectivity index (χ1v) is 13.2. The summed E-state index contributed by atoms with van der Waals surface area (Å²) in [4.78, 5) is 25.7. The lowest BCUT2D eigenvalue weighted by atomic mass is 9.94. The lowest BCUT2D eigenvalue weighted by molar-refractivity contribution is -0.124. The van der Waals surface area contributed by atoms with E-state index in [0.29, 0.717) is 15.8 Å². The number of rotatable bonds is 4. The van der Waals surface area contributed by atoms with Gasteiger partial charge in [0.2, 0.25) is 11.9 Å². The van der Waals surface area contributed by atoms with Gasteiger partial charge in [-0.15, -0.1) is 11.3 Å². The van der Waals surface area contributed by atoms with Gasteiger partial charge in [-0.25, -0.2) is 4.98 Å². The third kappa shape index (κ3) is 4.23. The Morgan fingerprint density at radius 1 is 1.03 bits per heavy atom. The van der Waals surface area contributed by atoms with Crippen molar-refractivity contribution in [2.45, 2.75) is 38.1 Å². The van der Waals surface area contributed by atoms with Crippen molar-refractivity contribution >= 4 is 45.4 Å². The molecule has 3 aromatic rings. The van der Waals surface area contributed by atoms with E-state index in [0.717, 1.165) is 53.4 Å². The number of aromatic nitrogens is 1. The highest BCUT2D eigenvalue weighted by molar-refractivity contribution is 8.18. The molecule has 1 amide bonds. The first kappa shape index (κ1) is 21.4. The minimum atomic E-state index is 0.0214. The molecule has 1 saturated heterocycles. The second kappa shape index (κ2) is 9.27. The molecule has 0 unspecified atom stereocenters. The predicted octanol–water partition coefficient (Wildman–Crippen LogP) is 6.48. The van der Waals surface area contributed by atoms with E-state index in [1.807, 2.05) is 64.9 Å². The molecular formula is C26H23N3O3S2. The Morgan fingerprint density at radius 3 is 2.71 bits per heavy atom. The summed E-state index contributed by atoms with van der Waals surface area (Å²) >= 11 is 2.93. The standard InChI is InChI=1S/C26H23N3O3S2/c30-24-23(14-17-11-12-21-22(13-17)32-16-31-21)34-26(29(24)19-9-5-2-6-10-19)28-25-27-20(15-33-25)18-7-3-1-4-8-18/h1,3-4,7-8,11-15,19H,2,5-6,9-10,16H2/b23-14-,28-26+. The van der Waals surface area contributed by atoms with Crippen LogP contribution in [0.4, 0.5) is 5.13 Å². The molecule has 2 aromatic carbocycles. The number of carbonyl (C=O) groups is 1. The van der Waals surface area contributed by atoms with Crippen LogP contribution in [0.25, 0.3) is 17.3 Å². The second-order valence-corrected chi connectivity index (χ2v) is 10.3. The van der Waals surface area contributed by atoms with Crippen LogP contribution in [0.2, 0.25) is 0 Å². The van der Waals surface area contributed by atoms with Gasteiger partial charge in [0.05, 0.1) is 10.6 Å². The second-order valence-electron chi connectivity index (χ2n) is 8.47. The Hall–Kier alpha value is -3.10. The first-order valence-electron chi connectivity index (χ1n) is 11.5. The minimum absolute atomic E-state index is 0.0214. The van der Waals surface area contributed by atoms with Crippen molar-refractivity contribution in [3.05, 3.63) is 64.4 Å². The summed E-state index contributed by atoms with van der Waals surface area (Å²) < 4.78 is 10.9. The quantitative estimate of drug-likeness (QED) is 0.393. The summed E-state index contributed by atoms with van der Waals surface area (Å²) in [6.07, 6.45) is 7.45. The number of thiazole rings is 1. The molecule has 3 aliphatic rings. The summed E-state index contributed by atoms with van der Waals surface area (Å²) in [6.45, 7) is 0.230. The first-order chi connectivity index (χ1) is 16.7.